The number of benzene rings is 3. The number of fused-ring (bicyclic) bond motifs is 1. The number of aromatic nitrogens is 1. The second kappa shape index (κ2) is 13.5. The minimum absolute atomic E-state index is 0.101. The van der Waals surface area contributed by atoms with E-state index < -0.39 is 0 Å². The van der Waals surface area contributed by atoms with Crippen LogP contribution < -0.4 is 24.3 Å². The van der Waals surface area contributed by atoms with E-state index in [1.54, 1.807) is 14.2 Å². The van der Waals surface area contributed by atoms with E-state index in [4.69, 9.17) is 23.9 Å². The molecule has 8 nitrogen and oxygen atoms in total. The molecule has 3 aromatic carbocycles. The molecule has 0 spiro atoms. The number of amides is 1. The van der Waals surface area contributed by atoms with Crippen LogP contribution in [0.2, 0.25) is 0 Å². The van der Waals surface area contributed by atoms with Crippen LogP contribution in [0.4, 0.5) is 0 Å². The molecule has 2 heterocycles. The quantitative estimate of drug-likeness (QED) is 0.202. The molecule has 5 rings (SSSR count). The molecular formula is C34H39N3O5S. The highest BCUT2D eigenvalue weighted by Crippen LogP contribution is 2.33. The third-order valence-corrected chi connectivity index (χ3v) is 8.19. The fourth-order valence-corrected chi connectivity index (χ4v) is 5.78. The third kappa shape index (κ3) is 7.86. The molecule has 0 saturated heterocycles. The number of nitrogens with one attached hydrogen (secondary N) is 1. The Hall–Kier alpha value is -4.08. The van der Waals surface area contributed by atoms with Gasteiger partial charge in [0.1, 0.15) is 10.7 Å². The fraction of sp³-hybridized carbons (Fsp3) is 0.353. The van der Waals surface area contributed by atoms with Gasteiger partial charge in [-0.05, 0) is 58.4 Å². The summed E-state index contributed by atoms with van der Waals surface area (Å²) >= 11 is 1.50. The van der Waals surface area contributed by atoms with Gasteiger partial charge in [-0.1, -0.05) is 57.2 Å². The first-order chi connectivity index (χ1) is 20.7. The Kier molecular flexibility index (Phi) is 9.52. The summed E-state index contributed by atoms with van der Waals surface area (Å²) in [6.45, 7) is 9.46. The van der Waals surface area contributed by atoms with Gasteiger partial charge in [0, 0.05) is 25.0 Å². The van der Waals surface area contributed by atoms with Crippen LogP contribution in [0, 0.1) is 0 Å². The van der Waals surface area contributed by atoms with Crippen molar-refractivity contribution in [3.05, 3.63) is 99.0 Å². The second-order valence-electron chi connectivity index (χ2n) is 11.6. The number of hydrogen-bond donors (Lipinski definition) is 1. The van der Waals surface area contributed by atoms with E-state index in [2.05, 4.69) is 61.3 Å². The lowest BCUT2D eigenvalue weighted by Gasteiger charge is -2.23. The van der Waals surface area contributed by atoms with Crippen molar-refractivity contribution in [2.24, 2.45) is 0 Å². The lowest BCUT2D eigenvalue weighted by molar-refractivity contribution is 0.0949. The zero-order valence-electron chi connectivity index (χ0n) is 25.4. The number of ether oxygens (including phenoxy) is 4. The van der Waals surface area contributed by atoms with Crippen LogP contribution in [0.25, 0.3) is 0 Å². The minimum Gasteiger partial charge on any atom is -0.493 e. The van der Waals surface area contributed by atoms with Crippen molar-refractivity contribution in [3.63, 3.8) is 0 Å². The summed E-state index contributed by atoms with van der Waals surface area (Å²) < 4.78 is 21.8. The summed E-state index contributed by atoms with van der Waals surface area (Å²) in [6, 6.07) is 20.7. The first-order valence-corrected chi connectivity index (χ1v) is 15.2. The van der Waals surface area contributed by atoms with Crippen molar-refractivity contribution >= 4 is 17.2 Å². The molecule has 226 valence electrons. The van der Waals surface area contributed by atoms with Crippen molar-refractivity contribution in [1.29, 1.82) is 0 Å². The number of methoxy groups -OCH3 is 2. The van der Waals surface area contributed by atoms with E-state index in [-0.39, 0.29) is 18.1 Å². The standard InChI is InChI=1S/C34H39N3O5S/c1-34(2,3)26-10-6-24(7-11-26)18-37(19-25-9-13-29-31(17-25)42-22-41-29)20-32-36-27(21-43-32)33(38)35-15-14-23-8-12-28(39-4)30(16-23)40-5/h6-13,16-17,21H,14-15,18-20,22H2,1-5H3,(H,35,38). The van der Waals surface area contributed by atoms with Crippen LogP contribution in [0.1, 0.15) is 58.5 Å². The number of carbonyl (C=O) groups is 1. The highest BCUT2D eigenvalue weighted by atomic mass is 32.1. The average molecular weight is 602 g/mol. The molecule has 0 radical (unpaired) electrons. The van der Waals surface area contributed by atoms with Gasteiger partial charge in [-0.15, -0.1) is 11.3 Å². The van der Waals surface area contributed by atoms with E-state index in [0.29, 0.717) is 43.2 Å². The summed E-state index contributed by atoms with van der Waals surface area (Å²) in [7, 11) is 3.23. The second-order valence-corrected chi connectivity index (χ2v) is 12.5. The Morgan fingerprint density at radius 2 is 1.58 bits per heavy atom. The number of carbonyl (C=O) groups excluding carboxylic acids is 1. The molecule has 0 aliphatic carbocycles. The average Bonchev–Trinajstić information content (AvgIpc) is 3.66. The molecule has 43 heavy (non-hydrogen) atoms. The molecule has 0 unspecified atom stereocenters. The maximum absolute atomic E-state index is 12.9. The summed E-state index contributed by atoms with van der Waals surface area (Å²) in [5.41, 5.74) is 5.24. The summed E-state index contributed by atoms with van der Waals surface area (Å²) in [6.07, 6.45) is 0.667. The van der Waals surface area contributed by atoms with Gasteiger partial charge in [-0.2, -0.15) is 0 Å². The lowest BCUT2D eigenvalue weighted by atomic mass is 9.87. The monoisotopic (exact) mass is 601 g/mol. The molecule has 0 fully saturated rings. The zero-order valence-corrected chi connectivity index (χ0v) is 26.3. The highest BCUT2D eigenvalue weighted by molar-refractivity contribution is 7.09. The van der Waals surface area contributed by atoms with Crippen molar-refractivity contribution in [1.82, 2.24) is 15.2 Å². The van der Waals surface area contributed by atoms with E-state index in [0.717, 1.165) is 34.2 Å². The van der Waals surface area contributed by atoms with Gasteiger partial charge in [0.25, 0.3) is 5.91 Å². The largest absolute Gasteiger partial charge is 0.493 e. The zero-order chi connectivity index (χ0) is 30.4. The highest BCUT2D eigenvalue weighted by Gasteiger charge is 2.18. The Labute approximate surface area is 257 Å². The summed E-state index contributed by atoms with van der Waals surface area (Å²) in [4.78, 5) is 19.9. The molecule has 1 aliphatic heterocycles. The normalized spacial score (nSPS) is 12.4. The van der Waals surface area contributed by atoms with Crippen LogP contribution in [0.5, 0.6) is 23.0 Å². The van der Waals surface area contributed by atoms with E-state index >= 15 is 0 Å². The van der Waals surface area contributed by atoms with Crippen LogP contribution in [-0.2, 0) is 31.5 Å². The Balaban J connectivity index is 1.24. The Morgan fingerprint density at radius 1 is 0.884 bits per heavy atom. The van der Waals surface area contributed by atoms with Gasteiger partial charge >= 0.3 is 0 Å². The van der Waals surface area contributed by atoms with Crippen LogP contribution in [0.15, 0.2) is 66.0 Å². The minimum atomic E-state index is -0.178. The van der Waals surface area contributed by atoms with Gasteiger partial charge in [-0.25, -0.2) is 4.98 Å². The molecule has 1 aliphatic rings. The van der Waals surface area contributed by atoms with Crippen LogP contribution in [0.3, 0.4) is 0 Å². The van der Waals surface area contributed by atoms with Crippen molar-refractivity contribution in [3.8, 4) is 23.0 Å². The first-order valence-electron chi connectivity index (χ1n) is 14.4. The molecule has 0 saturated carbocycles. The summed E-state index contributed by atoms with van der Waals surface area (Å²) in [5, 5.41) is 5.71. The van der Waals surface area contributed by atoms with Crippen molar-refractivity contribution in [2.45, 2.75) is 52.2 Å². The number of rotatable bonds is 12. The molecule has 1 amide bonds. The molecule has 0 atom stereocenters. The van der Waals surface area contributed by atoms with Gasteiger partial charge < -0.3 is 24.3 Å². The molecular weight excluding hydrogens is 562 g/mol. The van der Waals surface area contributed by atoms with E-state index in [1.165, 1.54) is 22.5 Å². The maximum Gasteiger partial charge on any atom is 0.270 e. The van der Waals surface area contributed by atoms with E-state index in [9.17, 15) is 4.79 Å². The van der Waals surface area contributed by atoms with Crippen LogP contribution >= 0.6 is 11.3 Å². The van der Waals surface area contributed by atoms with Crippen molar-refractivity contribution in [2.75, 3.05) is 27.6 Å². The van der Waals surface area contributed by atoms with E-state index in [1.807, 2.05) is 35.7 Å². The van der Waals surface area contributed by atoms with Gasteiger partial charge in [0.05, 0.1) is 20.8 Å². The topological polar surface area (TPSA) is 82.2 Å². The first kappa shape index (κ1) is 30.4. The lowest BCUT2D eigenvalue weighted by Crippen LogP contribution is -2.26. The van der Waals surface area contributed by atoms with Crippen LogP contribution in [-0.4, -0.2) is 43.3 Å². The number of nitrogens with zero attached hydrogens (tertiary/aromatic N) is 2. The summed E-state index contributed by atoms with van der Waals surface area (Å²) in [5.74, 6) is 2.72. The Morgan fingerprint density at radius 3 is 2.33 bits per heavy atom. The molecule has 9 heteroatoms. The predicted octanol–water partition coefficient (Wildman–Crippen LogP) is 6.36. The maximum atomic E-state index is 12.9. The molecule has 0 bridgehead atoms. The van der Waals surface area contributed by atoms with Gasteiger partial charge in [-0.3, -0.25) is 9.69 Å². The molecule has 1 aromatic heterocycles. The van der Waals surface area contributed by atoms with Crippen molar-refractivity contribution < 1.29 is 23.7 Å². The SMILES string of the molecule is COc1ccc(CCNC(=O)c2csc(CN(Cc3ccc(C(C)(C)C)cc3)Cc3ccc4c(c3)OCO4)n2)cc1OC. The molecule has 4 aromatic rings. The molecule has 1 N–H and O–H groups in total. The Bertz CT molecular complexity index is 1540. The predicted molar refractivity (Wildman–Crippen MR) is 168 cm³/mol. The van der Waals surface area contributed by atoms with Gasteiger partial charge in [0.2, 0.25) is 6.79 Å². The smallest absolute Gasteiger partial charge is 0.270 e. The third-order valence-electron chi connectivity index (χ3n) is 7.36. The number of thiazole rings is 1. The fourth-order valence-electron chi connectivity index (χ4n) is 4.96. The van der Waals surface area contributed by atoms with Gasteiger partial charge in [0.15, 0.2) is 23.0 Å². The number of hydrogen-bond acceptors (Lipinski definition) is 8.